The number of carboxylic acid groups (broad SMARTS) is 1. The summed E-state index contributed by atoms with van der Waals surface area (Å²) in [6.07, 6.45) is 1.58. The SMILES string of the molecule is CC1=C(O)C(=O)N(c2ccc3nc(-n4cnc5cc(N6C(=O)C(O)=C(c7ccccc7)C6c6ccc7cccc(O)c7n6)ccc54)[nH]c3c2)C1c1ccc(C(=O)O)o1. The minimum absolute atomic E-state index is 0.0106. The van der Waals surface area contributed by atoms with E-state index >= 15 is 0 Å². The highest BCUT2D eigenvalue weighted by Crippen LogP contribution is 2.46. The lowest BCUT2D eigenvalue weighted by molar-refractivity contribution is -0.117. The van der Waals surface area contributed by atoms with Crippen LogP contribution >= 0.6 is 0 Å². The van der Waals surface area contributed by atoms with Gasteiger partial charge in [-0.3, -0.25) is 24.0 Å². The second-order valence-electron chi connectivity index (χ2n) is 14.0. The van der Waals surface area contributed by atoms with Crippen LogP contribution in [0.25, 0.3) is 44.5 Å². The number of hydrogen-bond donors (Lipinski definition) is 5. The maximum absolute atomic E-state index is 14.0. The summed E-state index contributed by atoms with van der Waals surface area (Å²) in [4.78, 5) is 59.1. The number of phenolic OH excluding ortho intramolecular Hbond substituents is 1. The Morgan fingerprint density at radius 2 is 1.52 bits per heavy atom. The molecule has 8 aromatic rings. The number of furan rings is 1. The van der Waals surface area contributed by atoms with Gasteiger partial charge in [0.05, 0.1) is 27.8 Å². The average Bonchev–Trinajstić information content (AvgIpc) is 4.06. The molecule has 2 atom stereocenters. The number of imidazole rings is 2. The number of aliphatic hydroxyl groups excluding tert-OH is 2. The summed E-state index contributed by atoms with van der Waals surface area (Å²) in [7, 11) is 0. The van der Waals surface area contributed by atoms with Gasteiger partial charge in [-0.1, -0.05) is 48.5 Å². The number of aromatic amines is 1. The fraction of sp³-hybridized carbons (Fsp3) is 0.0698. The Labute approximate surface area is 326 Å². The van der Waals surface area contributed by atoms with Gasteiger partial charge in [0.2, 0.25) is 11.7 Å². The number of aromatic carboxylic acids is 1. The van der Waals surface area contributed by atoms with Crippen LogP contribution in [0.3, 0.4) is 0 Å². The quantitative estimate of drug-likeness (QED) is 0.108. The van der Waals surface area contributed by atoms with Crippen molar-refractivity contribution in [2.75, 3.05) is 9.80 Å². The number of hydrogen-bond acceptors (Lipinski definition) is 10. The normalized spacial score (nSPS) is 17.3. The van der Waals surface area contributed by atoms with Crippen LogP contribution in [0.1, 0.15) is 46.6 Å². The largest absolute Gasteiger partial charge is 0.506 e. The van der Waals surface area contributed by atoms with E-state index < -0.39 is 41.4 Å². The smallest absolute Gasteiger partial charge is 0.371 e. The third kappa shape index (κ3) is 5.13. The molecule has 2 aliphatic rings. The van der Waals surface area contributed by atoms with Crippen LogP contribution in [-0.4, -0.2) is 62.7 Å². The molecule has 5 N–H and O–H groups in total. The van der Waals surface area contributed by atoms with Gasteiger partial charge in [-0.25, -0.2) is 19.7 Å². The third-order valence-electron chi connectivity index (χ3n) is 10.6. The number of aromatic hydroxyl groups is 1. The Bertz CT molecular complexity index is 3120. The second-order valence-corrected chi connectivity index (χ2v) is 14.0. The van der Waals surface area contributed by atoms with Crippen molar-refractivity contribution in [3.05, 3.63) is 155 Å². The van der Waals surface area contributed by atoms with Crippen LogP contribution in [0.2, 0.25) is 0 Å². The van der Waals surface area contributed by atoms with Crippen LogP contribution in [0.5, 0.6) is 5.75 Å². The van der Waals surface area contributed by atoms with Crippen molar-refractivity contribution in [1.29, 1.82) is 0 Å². The zero-order valence-electron chi connectivity index (χ0n) is 30.2. The first-order valence-electron chi connectivity index (χ1n) is 18.0. The van der Waals surface area contributed by atoms with E-state index in [0.717, 1.165) is 0 Å². The standard InChI is InChI=1S/C43H29N7O8/c1-21-36(32-16-17-33(58-32)42(56)57)49(40(54)38(21)52)24-11-14-26-28(18-24)47-43(46-26)48-20-44-29-19-25(12-15-30(29)48)50-37(27-13-10-23-8-5-9-31(51)35(23)45-27)34(39(53)41(50)55)22-6-3-2-4-7-22/h2-20,36-37,51-53H,1H3,(H,46,47)(H,56,57). The zero-order valence-corrected chi connectivity index (χ0v) is 30.2. The number of carboxylic acids is 1. The van der Waals surface area contributed by atoms with Gasteiger partial charge in [0.15, 0.2) is 11.5 Å². The predicted molar refractivity (Wildman–Crippen MR) is 212 cm³/mol. The monoisotopic (exact) mass is 771 g/mol. The molecule has 15 nitrogen and oxygen atoms in total. The van der Waals surface area contributed by atoms with Crippen molar-refractivity contribution in [2.45, 2.75) is 19.0 Å². The van der Waals surface area contributed by atoms with Gasteiger partial charge < -0.3 is 29.8 Å². The number of amides is 2. The van der Waals surface area contributed by atoms with Crippen LogP contribution in [0.4, 0.5) is 11.4 Å². The van der Waals surface area contributed by atoms with Crippen molar-refractivity contribution < 1.29 is 39.2 Å². The van der Waals surface area contributed by atoms with Gasteiger partial charge in [-0.15, -0.1) is 0 Å². The molecule has 4 aromatic carbocycles. The van der Waals surface area contributed by atoms with Gasteiger partial charge >= 0.3 is 5.97 Å². The number of benzene rings is 4. The number of para-hydroxylation sites is 1. The fourth-order valence-electron chi connectivity index (χ4n) is 7.88. The topological polar surface area (TPSA) is 211 Å². The third-order valence-corrected chi connectivity index (χ3v) is 10.6. The highest BCUT2D eigenvalue weighted by molar-refractivity contribution is 6.16. The lowest BCUT2D eigenvalue weighted by Gasteiger charge is -2.27. The molecular weight excluding hydrogens is 743 g/mol. The molecule has 15 heteroatoms. The number of aliphatic hydroxyl groups is 2. The Balaban J connectivity index is 1.01. The first-order chi connectivity index (χ1) is 28.1. The van der Waals surface area contributed by atoms with Crippen molar-refractivity contribution >= 4 is 67.7 Å². The Morgan fingerprint density at radius 1 is 0.759 bits per heavy atom. The van der Waals surface area contributed by atoms with E-state index in [4.69, 9.17) is 14.4 Å². The van der Waals surface area contributed by atoms with Crippen LogP contribution in [0, 0.1) is 0 Å². The van der Waals surface area contributed by atoms with E-state index in [-0.39, 0.29) is 17.3 Å². The van der Waals surface area contributed by atoms with Crippen LogP contribution < -0.4 is 9.80 Å². The minimum Gasteiger partial charge on any atom is -0.506 e. The molecule has 2 amide bonds. The number of aromatic nitrogens is 5. The van der Waals surface area contributed by atoms with Crippen LogP contribution in [-0.2, 0) is 9.59 Å². The van der Waals surface area contributed by atoms with E-state index in [9.17, 15) is 34.8 Å². The van der Waals surface area contributed by atoms with Crippen molar-refractivity contribution in [2.24, 2.45) is 0 Å². The summed E-state index contributed by atoms with van der Waals surface area (Å²) in [6, 6.07) is 29.2. The average molecular weight is 772 g/mol. The number of anilines is 2. The van der Waals surface area contributed by atoms with E-state index in [1.807, 2.05) is 42.5 Å². The fourth-order valence-corrected chi connectivity index (χ4v) is 7.88. The molecule has 0 radical (unpaired) electrons. The number of H-pyrrole nitrogens is 1. The number of pyridine rings is 1. The highest BCUT2D eigenvalue weighted by atomic mass is 16.4. The van der Waals surface area contributed by atoms with Gasteiger partial charge in [0.25, 0.3) is 11.8 Å². The van der Waals surface area contributed by atoms with E-state index in [1.165, 1.54) is 21.9 Å². The lowest BCUT2D eigenvalue weighted by atomic mass is 9.95. The number of rotatable bonds is 7. The first kappa shape index (κ1) is 34.3. The molecule has 4 aromatic heterocycles. The zero-order chi connectivity index (χ0) is 40.0. The Morgan fingerprint density at radius 3 is 2.31 bits per heavy atom. The molecule has 2 aliphatic heterocycles. The molecule has 0 aliphatic carbocycles. The van der Waals surface area contributed by atoms with Crippen molar-refractivity contribution in [3.63, 3.8) is 0 Å². The molecule has 0 saturated carbocycles. The second kappa shape index (κ2) is 12.7. The summed E-state index contributed by atoms with van der Waals surface area (Å²) in [5, 5.41) is 42.8. The molecule has 0 bridgehead atoms. The summed E-state index contributed by atoms with van der Waals surface area (Å²) in [5.41, 5.74) is 5.26. The number of nitrogens with one attached hydrogen (secondary N) is 1. The number of nitrogens with zero attached hydrogens (tertiary/aromatic N) is 6. The minimum atomic E-state index is -1.26. The van der Waals surface area contributed by atoms with Gasteiger partial charge in [0.1, 0.15) is 35.4 Å². The molecule has 6 heterocycles. The van der Waals surface area contributed by atoms with E-state index in [0.29, 0.717) is 72.7 Å². The van der Waals surface area contributed by atoms with E-state index in [1.54, 1.807) is 72.4 Å². The Hall–Kier alpha value is -8.20. The molecular formula is C43H29N7O8. The molecule has 284 valence electrons. The van der Waals surface area contributed by atoms with E-state index in [2.05, 4.69) is 9.97 Å². The Kier molecular flexibility index (Phi) is 7.49. The van der Waals surface area contributed by atoms with Crippen molar-refractivity contribution in [3.8, 4) is 11.7 Å². The molecule has 0 fully saturated rings. The highest BCUT2D eigenvalue weighted by Gasteiger charge is 2.44. The van der Waals surface area contributed by atoms with Crippen molar-refractivity contribution in [1.82, 2.24) is 24.5 Å². The van der Waals surface area contributed by atoms with Crippen LogP contribution in [0.15, 0.2) is 137 Å². The number of phenols is 1. The van der Waals surface area contributed by atoms with Gasteiger partial charge in [-0.05, 0) is 73.2 Å². The number of fused-ring (bicyclic) bond motifs is 3. The first-order valence-corrected chi connectivity index (χ1v) is 18.0. The molecule has 0 spiro atoms. The summed E-state index contributed by atoms with van der Waals surface area (Å²) >= 11 is 0. The summed E-state index contributed by atoms with van der Waals surface area (Å²) < 4.78 is 7.27. The molecule has 0 saturated heterocycles. The molecule has 2 unspecified atom stereocenters. The number of carbonyl (C=O) groups excluding carboxylic acids is 2. The molecule has 58 heavy (non-hydrogen) atoms. The predicted octanol–water partition coefficient (Wildman–Crippen LogP) is 7.42. The van der Waals surface area contributed by atoms with Gasteiger partial charge in [0, 0.05) is 27.9 Å². The van der Waals surface area contributed by atoms with Gasteiger partial charge in [-0.2, -0.15) is 0 Å². The lowest BCUT2D eigenvalue weighted by Crippen LogP contribution is -2.30. The maximum Gasteiger partial charge on any atom is 0.371 e. The number of carbonyl (C=O) groups is 3. The maximum atomic E-state index is 14.0. The summed E-state index contributed by atoms with van der Waals surface area (Å²) in [5.74, 6) is -3.14. The molecule has 10 rings (SSSR count). The summed E-state index contributed by atoms with van der Waals surface area (Å²) in [6.45, 7) is 1.58.